The molecule has 1 saturated carbocycles. The lowest BCUT2D eigenvalue weighted by Crippen LogP contribution is -1.97. The SMILES string of the molecule is Fc1cc(F)c2nc(-c3cccnc3)n(C3CC3)c2c1. The Bertz CT molecular complexity index is 792. The highest BCUT2D eigenvalue weighted by Gasteiger charge is 2.29. The van der Waals surface area contributed by atoms with Crippen LogP contribution in [0.4, 0.5) is 8.78 Å². The van der Waals surface area contributed by atoms with Crippen LogP contribution in [0.15, 0.2) is 36.7 Å². The Hall–Kier alpha value is -2.30. The summed E-state index contributed by atoms with van der Waals surface area (Å²) in [5.41, 5.74) is 1.55. The number of rotatable bonds is 2. The third-order valence-electron chi connectivity index (χ3n) is 3.55. The van der Waals surface area contributed by atoms with E-state index in [0.717, 1.165) is 24.5 Å². The number of nitrogens with zero attached hydrogens (tertiary/aromatic N) is 3. The van der Waals surface area contributed by atoms with Gasteiger partial charge in [-0.15, -0.1) is 0 Å². The molecule has 3 aromatic rings. The van der Waals surface area contributed by atoms with Gasteiger partial charge in [0, 0.05) is 30.1 Å². The molecular weight excluding hydrogens is 260 g/mol. The molecule has 0 aliphatic heterocycles. The quantitative estimate of drug-likeness (QED) is 0.711. The minimum absolute atomic E-state index is 0.220. The van der Waals surface area contributed by atoms with Crippen molar-refractivity contribution in [1.29, 1.82) is 0 Å². The lowest BCUT2D eigenvalue weighted by Gasteiger charge is -2.07. The Morgan fingerprint density at radius 3 is 2.75 bits per heavy atom. The average Bonchev–Trinajstić information content (AvgIpc) is 3.20. The Labute approximate surface area is 113 Å². The van der Waals surface area contributed by atoms with E-state index < -0.39 is 11.6 Å². The van der Waals surface area contributed by atoms with Gasteiger partial charge in [0.15, 0.2) is 5.82 Å². The van der Waals surface area contributed by atoms with Gasteiger partial charge in [0.05, 0.1) is 5.52 Å². The fourth-order valence-corrected chi connectivity index (χ4v) is 2.52. The van der Waals surface area contributed by atoms with Crippen molar-refractivity contribution in [3.05, 3.63) is 48.3 Å². The Morgan fingerprint density at radius 2 is 2.05 bits per heavy atom. The molecule has 1 fully saturated rings. The standard InChI is InChI=1S/C15H11F2N3/c16-10-6-12(17)14-13(7-10)20(11-3-4-11)15(19-14)9-2-1-5-18-8-9/h1-2,5-8,11H,3-4H2. The summed E-state index contributed by atoms with van der Waals surface area (Å²) in [5, 5.41) is 0. The van der Waals surface area contributed by atoms with E-state index in [0.29, 0.717) is 11.3 Å². The summed E-state index contributed by atoms with van der Waals surface area (Å²) in [6, 6.07) is 6.18. The van der Waals surface area contributed by atoms with Gasteiger partial charge in [-0.2, -0.15) is 0 Å². The molecule has 1 aromatic carbocycles. The highest BCUT2D eigenvalue weighted by molar-refractivity contribution is 5.81. The van der Waals surface area contributed by atoms with Crippen molar-refractivity contribution < 1.29 is 8.78 Å². The number of hydrogen-bond acceptors (Lipinski definition) is 2. The van der Waals surface area contributed by atoms with Crippen molar-refractivity contribution in [3.63, 3.8) is 0 Å². The molecule has 3 nitrogen and oxygen atoms in total. The first kappa shape index (κ1) is 11.5. The molecule has 0 amide bonds. The van der Waals surface area contributed by atoms with Gasteiger partial charge < -0.3 is 4.57 Å². The smallest absolute Gasteiger partial charge is 0.153 e. The van der Waals surface area contributed by atoms with Crippen LogP contribution in [-0.4, -0.2) is 14.5 Å². The van der Waals surface area contributed by atoms with Crippen molar-refractivity contribution in [2.24, 2.45) is 0 Å². The molecule has 0 atom stereocenters. The van der Waals surface area contributed by atoms with Crippen LogP contribution in [0, 0.1) is 11.6 Å². The van der Waals surface area contributed by atoms with Crippen molar-refractivity contribution in [1.82, 2.24) is 14.5 Å². The molecule has 0 bridgehead atoms. The van der Waals surface area contributed by atoms with Crippen LogP contribution in [0.25, 0.3) is 22.4 Å². The highest BCUT2D eigenvalue weighted by atomic mass is 19.1. The molecule has 1 aliphatic carbocycles. The zero-order chi connectivity index (χ0) is 13.7. The number of halogens is 2. The van der Waals surface area contributed by atoms with Crippen LogP contribution in [0.5, 0.6) is 0 Å². The number of pyridine rings is 1. The zero-order valence-electron chi connectivity index (χ0n) is 10.6. The number of fused-ring (bicyclic) bond motifs is 1. The summed E-state index contributed by atoms with van der Waals surface area (Å²) in [6.07, 6.45) is 5.38. The van der Waals surface area contributed by atoms with Crippen LogP contribution in [0.3, 0.4) is 0 Å². The van der Waals surface area contributed by atoms with Crippen LogP contribution in [0.2, 0.25) is 0 Å². The van der Waals surface area contributed by atoms with Crippen molar-refractivity contribution in [2.45, 2.75) is 18.9 Å². The molecule has 20 heavy (non-hydrogen) atoms. The second-order valence-corrected chi connectivity index (χ2v) is 5.03. The monoisotopic (exact) mass is 271 g/mol. The molecule has 4 rings (SSSR count). The van der Waals surface area contributed by atoms with Gasteiger partial charge in [0.1, 0.15) is 17.2 Å². The lowest BCUT2D eigenvalue weighted by atomic mass is 10.2. The maximum atomic E-state index is 13.9. The topological polar surface area (TPSA) is 30.7 Å². The summed E-state index contributed by atoms with van der Waals surface area (Å²) in [5.74, 6) is -0.542. The summed E-state index contributed by atoms with van der Waals surface area (Å²) < 4.78 is 29.3. The first-order chi connectivity index (χ1) is 9.74. The normalized spacial score (nSPS) is 14.9. The van der Waals surface area contributed by atoms with Gasteiger partial charge in [-0.05, 0) is 31.0 Å². The van der Waals surface area contributed by atoms with Crippen LogP contribution in [-0.2, 0) is 0 Å². The van der Waals surface area contributed by atoms with Crippen molar-refractivity contribution in [2.75, 3.05) is 0 Å². The van der Waals surface area contributed by atoms with Gasteiger partial charge in [-0.25, -0.2) is 13.8 Å². The minimum Gasteiger partial charge on any atom is -0.321 e. The Morgan fingerprint density at radius 1 is 1.20 bits per heavy atom. The third-order valence-corrected chi connectivity index (χ3v) is 3.55. The lowest BCUT2D eigenvalue weighted by molar-refractivity contribution is 0.590. The Balaban J connectivity index is 2.06. The van der Waals surface area contributed by atoms with E-state index in [-0.39, 0.29) is 11.6 Å². The Kier molecular flexibility index (Phi) is 2.36. The molecule has 0 saturated heterocycles. The minimum atomic E-state index is -0.621. The first-order valence-electron chi connectivity index (χ1n) is 6.51. The number of benzene rings is 1. The largest absolute Gasteiger partial charge is 0.321 e. The van der Waals surface area contributed by atoms with E-state index in [2.05, 4.69) is 9.97 Å². The molecule has 0 spiro atoms. The zero-order valence-corrected chi connectivity index (χ0v) is 10.6. The van der Waals surface area contributed by atoms with E-state index in [1.807, 2.05) is 16.7 Å². The van der Waals surface area contributed by atoms with E-state index >= 15 is 0 Å². The van der Waals surface area contributed by atoms with Crippen LogP contribution >= 0.6 is 0 Å². The summed E-state index contributed by atoms with van der Waals surface area (Å²) >= 11 is 0. The fraction of sp³-hybridized carbons (Fsp3) is 0.200. The molecular formula is C15H11F2N3. The van der Waals surface area contributed by atoms with E-state index in [4.69, 9.17) is 0 Å². The first-order valence-corrected chi connectivity index (χ1v) is 6.51. The number of aromatic nitrogens is 3. The van der Waals surface area contributed by atoms with Gasteiger partial charge >= 0.3 is 0 Å². The average molecular weight is 271 g/mol. The maximum absolute atomic E-state index is 13.9. The van der Waals surface area contributed by atoms with Crippen molar-refractivity contribution >= 4 is 11.0 Å². The fourth-order valence-electron chi connectivity index (χ4n) is 2.52. The molecule has 2 heterocycles. The van der Waals surface area contributed by atoms with Gasteiger partial charge in [0.2, 0.25) is 0 Å². The summed E-state index contributed by atoms with van der Waals surface area (Å²) in [6.45, 7) is 0. The number of hydrogen-bond donors (Lipinski definition) is 0. The van der Waals surface area contributed by atoms with Crippen molar-refractivity contribution in [3.8, 4) is 11.4 Å². The second kappa shape index (κ2) is 4.10. The molecule has 0 unspecified atom stereocenters. The van der Waals surface area contributed by atoms with Crippen LogP contribution < -0.4 is 0 Å². The summed E-state index contributed by atoms with van der Waals surface area (Å²) in [7, 11) is 0. The predicted octanol–water partition coefficient (Wildman–Crippen LogP) is 3.71. The van der Waals surface area contributed by atoms with E-state index in [1.54, 1.807) is 12.4 Å². The van der Waals surface area contributed by atoms with Crippen LogP contribution in [0.1, 0.15) is 18.9 Å². The second-order valence-electron chi connectivity index (χ2n) is 5.03. The van der Waals surface area contributed by atoms with E-state index in [1.165, 1.54) is 6.07 Å². The molecule has 5 heteroatoms. The third kappa shape index (κ3) is 1.70. The highest BCUT2D eigenvalue weighted by Crippen LogP contribution is 2.41. The molecule has 1 aliphatic rings. The molecule has 0 N–H and O–H groups in total. The molecule has 0 radical (unpaired) electrons. The predicted molar refractivity (Wildman–Crippen MR) is 71.2 cm³/mol. The molecule has 100 valence electrons. The summed E-state index contributed by atoms with van der Waals surface area (Å²) in [4.78, 5) is 8.44. The number of imidazole rings is 1. The van der Waals surface area contributed by atoms with Gasteiger partial charge in [-0.3, -0.25) is 4.98 Å². The van der Waals surface area contributed by atoms with Gasteiger partial charge in [0.25, 0.3) is 0 Å². The maximum Gasteiger partial charge on any atom is 0.153 e. The molecule has 2 aromatic heterocycles. The van der Waals surface area contributed by atoms with Gasteiger partial charge in [-0.1, -0.05) is 0 Å². The van der Waals surface area contributed by atoms with E-state index in [9.17, 15) is 8.78 Å².